The van der Waals surface area contributed by atoms with Gasteiger partial charge in [0.25, 0.3) is 5.56 Å². The summed E-state index contributed by atoms with van der Waals surface area (Å²) in [6.45, 7) is 5.72. The van der Waals surface area contributed by atoms with Crippen LogP contribution in [0.15, 0.2) is 34.2 Å². The lowest BCUT2D eigenvalue weighted by Gasteiger charge is -2.30. The highest BCUT2D eigenvalue weighted by Gasteiger charge is 2.26. The second-order valence-corrected chi connectivity index (χ2v) is 8.51. The van der Waals surface area contributed by atoms with Crippen molar-refractivity contribution in [2.45, 2.75) is 38.4 Å². The molecule has 1 aliphatic rings. The molecule has 2 heterocycles. The molecule has 0 aliphatic carbocycles. The van der Waals surface area contributed by atoms with Crippen LogP contribution < -0.4 is 11.3 Å². The van der Waals surface area contributed by atoms with Gasteiger partial charge in [0, 0.05) is 25.6 Å². The minimum atomic E-state index is -0.292. The van der Waals surface area contributed by atoms with Gasteiger partial charge in [-0.15, -0.1) is 0 Å². The highest BCUT2D eigenvalue weighted by atomic mass is 32.2. The van der Waals surface area contributed by atoms with E-state index in [4.69, 9.17) is 5.73 Å². The van der Waals surface area contributed by atoms with Gasteiger partial charge in [0.15, 0.2) is 5.16 Å². The molecule has 0 spiro atoms. The monoisotopic (exact) mass is 402 g/mol. The van der Waals surface area contributed by atoms with E-state index < -0.39 is 0 Å². The Hall–Kier alpha value is -2.35. The number of hydrogen-bond acceptors (Lipinski definition) is 5. The standard InChI is InChI=1S/C20H26N4O3S/c1-13(2)11-24-19(27)15-5-3-4-6-16(15)22-20(24)28-12-17(25)23-9-7-14(8-10-23)18(21)26/h3-6,13-14H,7-12H2,1-2H3,(H2,21,26). The highest BCUT2D eigenvalue weighted by molar-refractivity contribution is 7.99. The zero-order valence-corrected chi connectivity index (χ0v) is 17.1. The number of primary amides is 1. The molecular formula is C20H26N4O3S. The molecule has 0 bridgehead atoms. The molecule has 3 rings (SSSR count). The van der Waals surface area contributed by atoms with Crippen LogP contribution in [0.25, 0.3) is 10.9 Å². The number of carbonyl (C=O) groups is 2. The van der Waals surface area contributed by atoms with Crippen molar-refractivity contribution in [3.8, 4) is 0 Å². The largest absolute Gasteiger partial charge is 0.369 e. The topological polar surface area (TPSA) is 98.3 Å². The number of amides is 2. The summed E-state index contributed by atoms with van der Waals surface area (Å²) in [5, 5.41) is 1.16. The van der Waals surface area contributed by atoms with Crippen molar-refractivity contribution in [1.82, 2.24) is 14.5 Å². The summed E-state index contributed by atoms with van der Waals surface area (Å²) in [5.74, 6) is 0.0500. The Labute approximate surface area is 168 Å². The van der Waals surface area contributed by atoms with E-state index in [2.05, 4.69) is 4.98 Å². The molecular weight excluding hydrogens is 376 g/mol. The second-order valence-electron chi connectivity index (χ2n) is 7.57. The maximum atomic E-state index is 12.9. The molecule has 7 nitrogen and oxygen atoms in total. The van der Waals surface area contributed by atoms with Crippen LogP contribution in [0.3, 0.4) is 0 Å². The maximum Gasteiger partial charge on any atom is 0.262 e. The number of hydrogen-bond donors (Lipinski definition) is 1. The molecule has 0 saturated carbocycles. The van der Waals surface area contributed by atoms with Gasteiger partial charge in [-0.1, -0.05) is 37.7 Å². The van der Waals surface area contributed by atoms with E-state index in [1.54, 1.807) is 15.5 Å². The van der Waals surface area contributed by atoms with Crippen LogP contribution in [0.2, 0.25) is 0 Å². The summed E-state index contributed by atoms with van der Waals surface area (Å²) in [6.07, 6.45) is 1.22. The number of nitrogens with zero attached hydrogens (tertiary/aromatic N) is 3. The number of rotatable bonds is 6. The van der Waals surface area contributed by atoms with Crippen LogP contribution >= 0.6 is 11.8 Å². The van der Waals surface area contributed by atoms with Crippen molar-refractivity contribution in [3.63, 3.8) is 0 Å². The minimum absolute atomic E-state index is 0.00794. The number of nitrogens with two attached hydrogens (primary N) is 1. The summed E-state index contributed by atoms with van der Waals surface area (Å²) < 4.78 is 1.67. The molecule has 2 amide bonds. The van der Waals surface area contributed by atoms with E-state index in [-0.39, 0.29) is 35.0 Å². The third-order valence-corrected chi connectivity index (χ3v) is 5.91. The number of piperidine rings is 1. The van der Waals surface area contributed by atoms with Crippen molar-refractivity contribution in [1.29, 1.82) is 0 Å². The van der Waals surface area contributed by atoms with Gasteiger partial charge in [0.05, 0.1) is 16.7 Å². The van der Waals surface area contributed by atoms with E-state index in [0.717, 1.165) is 0 Å². The normalized spacial score (nSPS) is 15.3. The third-order valence-electron chi connectivity index (χ3n) is 4.95. The molecule has 150 valence electrons. The Morgan fingerprint density at radius 1 is 1.25 bits per heavy atom. The average molecular weight is 403 g/mol. The molecule has 28 heavy (non-hydrogen) atoms. The summed E-state index contributed by atoms with van der Waals surface area (Å²) >= 11 is 1.30. The fraction of sp³-hybridized carbons (Fsp3) is 0.500. The lowest BCUT2D eigenvalue weighted by atomic mass is 9.96. The number of benzene rings is 1. The molecule has 1 fully saturated rings. The van der Waals surface area contributed by atoms with Gasteiger partial charge >= 0.3 is 0 Å². The van der Waals surface area contributed by atoms with E-state index in [0.29, 0.717) is 48.5 Å². The summed E-state index contributed by atoms with van der Waals surface area (Å²) in [6, 6.07) is 7.28. The minimum Gasteiger partial charge on any atom is -0.369 e. The van der Waals surface area contributed by atoms with Gasteiger partial charge in [-0.25, -0.2) is 4.98 Å². The van der Waals surface area contributed by atoms with Gasteiger partial charge in [-0.3, -0.25) is 19.0 Å². The Bertz CT molecular complexity index is 933. The Balaban J connectivity index is 1.75. The van der Waals surface area contributed by atoms with Crippen molar-refractivity contribution in [3.05, 3.63) is 34.6 Å². The molecule has 1 aliphatic heterocycles. The molecule has 2 aromatic rings. The molecule has 0 unspecified atom stereocenters. The van der Waals surface area contributed by atoms with Crippen molar-refractivity contribution in [2.24, 2.45) is 17.6 Å². The highest BCUT2D eigenvalue weighted by Crippen LogP contribution is 2.21. The van der Waals surface area contributed by atoms with E-state index >= 15 is 0 Å². The van der Waals surface area contributed by atoms with Crippen LogP contribution in [0.5, 0.6) is 0 Å². The van der Waals surface area contributed by atoms with Crippen molar-refractivity contribution < 1.29 is 9.59 Å². The first kappa shape index (κ1) is 20.4. The Morgan fingerprint density at radius 3 is 2.57 bits per heavy atom. The first-order valence-corrected chi connectivity index (χ1v) is 10.5. The lowest BCUT2D eigenvalue weighted by molar-refractivity contribution is -0.132. The number of carbonyl (C=O) groups excluding carboxylic acids is 2. The van der Waals surface area contributed by atoms with Gasteiger partial charge < -0.3 is 10.6 Å². The number of para-hydroxylation sites is 1. The second kappa shape index (κ2) is 8.77. The predicted octanol–water partition coefficient (Wildman–Crippen LogP) is 1.87. The van der Waals surface area contributed by atoms with Gasteiger partial charge in [-0.2, -0.15) is 0 Å². The predicted molar refractivity (Wildman–Crippen MR) is 110 cm³/mol. The molecule has 0 atom stereocenters. The van der Waals surface area contributed by atoms with E-state index in [1.165, 1.54) is 11.8 Å². The van der Waals surface area contributed by atoms with Crippen LogP contribution in [0.1, 0.15) is 26.7 Å². The number of aromatic nitrogens is 2. The number of thioether (sulfide) groups is 1. The average Bonchev–Trinajstić information content (AvgIpc) is 2.68. The first-order chi connectivity index (χ1) is 13.4. The number of likely N-dealkylation sites (tertiary alicyclic amines) is 1. The fourth-order valence-corrected chi connectivity index (χ4v) is 4.33. The molecule has 2 N–H and O–H groups in total. The maximum absolute atomic E-state index is 12.9. The van der Waals surface area contributed by atoms with E-state index in [1.807, 2.05) is 32.0 Å². The van der Waals surface area contributed by atoms with Crippen LogP contribution in [-0.2, 0) is 16.1 Å². The van der Waals surface area contributed by atoms with E-state index in [9.17, 15) is 14.4 Å². The van der Waals surface area contributed by atoms with Gasteiger partial charge in [0.1, 0.15) is 0 Å². The molecule has 1 aromatic carbocycles. The van der Waals surface area contributed by atoms with Crippen LogP contribution in [-0.4, -0.2) is 45.1 Å². The van der Waals surface area contributed by atoms with Crippen LogP contribution in [0.4, 0.5) is 0 Å². The van der Waals surface area contributed by atoms with Gasteiger partial charge in [-0.05, 0) is 30.9 Å². The molecule has 1 saturated heterocycles. The molecule has 1 aromatic heterocycles. The smallest absolute Gasteiger partial charge is 0.262 e. The van der Waals surface area contributed by atoms with Gasteiger partial charge in [0.2, 0.25) is 11.8 Å². The Morgan fingerprint density at radius 2 is 1.93 bits per heavy atom. The quantitative estimate of drug-likeness (QED) is 0.587. The van der Waals surface area contributed by atoms with Crippen molar-refractivity contribution >= 4 is 34.5 Å². The third kappa shape index (κ3) is 4.55. The zero-order chi connectivity index (χ0) is 20.3. The zero-order valence-electron chi connectivity index (χ0n) is 16.3. The summed E-state index contributed by atoms with van der Waals surface area (Å²) in [4.78, 5) is 43.2. The Kier molecular flexibility index (Phi) is 6.39. The fourth-order valence-electron chi connectivity index (χ4n) is 3.41. The van der Waals surface area contributed by atoms with Crippen molar-refractivity contribution in [2.75, 3.05) is 18.8 Å². The lowest BCUT2D eigenvalue weighted by Crippen LogP contribution is -2.42. The number of fused-ring (bicyclic) bond motifs is 1. The molecule has 8 heteroatoms. The van der Waals surface area contributed by atoms with Crippen LogP contribution in [0, 0.1) is 11.8 Å². The first-order valence-electron chi connectivity index (χ1n) is 9.56. The summed E-state index contributed by atoms with van der Waals surface area (Å²) in [7, 11) is 0. The SMILES string of the molecule is CC(C)Cn1c(SCC(=O)N2CCC(C(N)=O)CC2)nc2ccccc2c1=O. The molecule has 0 radical (unpaired) electrons. The summed E-state index contributed by atoms with van der Waals surface area (Å²) in [5.41, 5.74) is 5.92.